The van der Waals surface area contributed by atoms with Crippen molar-refractivity contribution in [2.45, 2.75) is 19.4 Å². The number of rotatable bonds is 5. The maximum absolute atomic E-state index is 12.5. The SMILES string of the molecule is CC(CC(=O)N1CCN(C(=O)c2ccoc2)CC1)NC(=O)c1ccccc1. The first kappa shape index (κ1) is 18.7. The van der Waals surface area contributed by atoms with Gasteiger partial charge in [0.1, 0.15) is 6.26 Å². The van der Waals surface area contributed by atoms with Gasteiger partial charge < -0.3 is 19.5 Å². The molecule has 1 aromatic heterocycles. The van der Waals surface area contributed by atoms with E-state index in [-0.39, 0.29) is 30.2 Å². The van der Waals surface area contributed by atoms with Gasteiger partial charge in [-0.3, -0.25) is 14.4 Å². The highest BCUT2D eigenvalue weighted by Gasteiger charge is 2.26. The van der Waals surface area contributed by atoms with Crippen LogP contribution in [0.1, 0.15) is 34.1 Å². The summed E-state index contributed by atoms with van der Waals surface area (Å²) in [5, 5.41) is 2.85. The lowest BCUT2D eigenvalue weighted by atomic mass is 10.1. The molecular formula is C20H23N3O4. The van der Waals surface area contributed by atoms with Crippen LogP contribution in [0.5, 0.6) is 0 Å². The maximum atomic E-state index is 12.5. The lowest BCUT2D eigenvalue weighted by Gasteiger charge is -2.35. The summed E-state index contributed by atoms with van der Waals surface area (Å²) in [5.74, 6) is -0.294. The van der Waals surface area contributed by atoms with Crippen molar-refractivity contribution in [3.8, 4) is 0 Å². The van der Waals surface area contributed by atoms with E-state index in [0.717, 1.165) is 0 Å². The molecule has 1 fully saturated rings. The normalized spacial score (nSPS) is 15.3. The lowest BCUT2D eigenvalue weighted by Crippen LogP contribution is -2.51. The first-order valence-electron chi connectivity index (χ1n) is 9.00. The van der Waals surface area contributed by atoms with Crippen molar-refractivity contribution in [3.05, 3.63) is 60.1 Å². The molecule has 1 aliphatic rings. The van der Waals surface area contributed by atoms with E-state index in [9.17, 15) is 14.4 Å². The molecule has 142 valence electrons. The van der Waals surface area contributed by atoms with Crippen molar-refractivity contribution < 1.29 is 18.8 Å². The maximum Gasteiger partial charge on any atom is 0.257 e. The first-order chi connectivity index (χ1) is 13.0. The van der Waals surface area contributed by atoms with Crippen molar-refractivity contribution in [2.75, 3.05) is 26.2 Å². The van der Waals surface area contributed by atoms with Gasteiger partial charge in [-0.15, -0.1) is 0 Å². The number of amides is 3. The summed E-state index contributed by atoms with van der Waals surface area (Å²) in [7, 11) is 0. The van der Waals surface area contributed by atoms with E-state index >= 15 is 0 Å². The molecule has 0 aliphatic carbocycles. The van der Waals surface area contributed by atoms with Crippen LogP contribution < -0.4 is 5.32 Å². The largest absolute Gasteiger partial charge is 0.472 e. The van der Waals surface area contributed by atoms with E-state index < -0.39 is 0 Å². The number of piperazine rings is 1. The monoisotopic (exact) mass is 369 g/mol. The van der Waals surface area contributed by atoms with Crippen molar-refractivity contribution in [1.29, 1.82) is 0 Å². The molecule has 0 radical (unpaired) electrons. The minimum atomic E-state index is -0.268. The Balaban J connectivity index is 1.45. The summed E-state index contributed by atoms with van der Waals surface area (Å²) < 4.78 is 4.95. The van der Waals surface area contributed by atoms with Crippen LogP contribution in [-0.4, -0.2) is 59.7 Å². The highest BCUT2D eigenvalue weighted by atomic mass is 16.3. The molecule has 0 spiro atoms. The van der Waals surface area contributed by atoms with Crippen LogP contribution in [0.4, 0.5) is 0 Å². The van der Waals surface area contributed by atoms with E-state index in [1.807, 2.05) is 13.0 Å². The average Bonchev–Trinajstić information content (AvgIpc) is 3.23. The topological polar surface area (TPSA) is 82.9 Å². The Labute approximate surface area is 157 Å². The van der Waals surface area contributed by atoms with Crippen LogP contribution in [0.15, 0.2) is 53.3 Å². The van der Waals surface area contributed by atoms with Gasteiger partial charge in [0.2, 0.25) is 5.91 Å². The van der Waals surface area contributed by atoms with Gasteiger partial charge in [0.25, 0.3) is 11.8 Å². The van der Waals surface area contributed by atoms with E-state index in [2.05, 4.69) is 5.32 Å². The average molecular weight is 369 g/mol. The summed E-state index contributed by atoms with van der Waals surface area (Å²) in [4.78, 5) is 40.4. The molecule has 27 heavy (non-hydrogen) atoms. The molecule has 1 unspecified atom stereocenters. The zero-order valence-electron chi connectivity index (χ0n) is 15.3. The number of benzene rings is 1. The second-order valence-corrected chi connectivity index (χ2v) is 6.63. The molecule has 1 saturated heterocycles. The minimum absolute atomic E-state index is 0.0220. The van der Waals surface area contributed by atoms with E-state index in [1.165, 1.54) is 12.5 Å². The summed E-state index contributed by atoms with van der Waals surface area (Å²) in [6.07, 6.45) is 3.13. The zero-order valence-corrected chi connectivity index (χ0v) is 15.3. The quantitative estimate of drug-likeness (QED) is 0.871. The third-order valence-corrected chi connectivity index (χ3v) is 4.58. The molecule has 1 aliphatic heterocycles. The molecule has 0 bridgehead atoms. The number of furan rings is 1. The van der Waals surface area contributed by atoms with Crippen LogP contribution in [0.25, 0.3) is 0 Å². The van der Waals surface area contributed by atoms with Crippen LogP contribution in [-0.2, 0) is 4.79 Å². The molecule has 7 nitrogen and oxygen atoms in total. The molecule has 1 aromatic carbocycles. The Bertz CT molecular complexity index is 781. The molecule has 0 saturated carbocycles. The van der Waals surface area contributed by atoms with E-state index in [4.69, 9.17) is 4.42 Å². The first-order valence-corrected chi connectivity index (χ1v) is 9.00. The van der Waals surface area contributed by atoms with Crippen molar-refractivity contribution in [3.63, 3.8) is 0 Å². The number of nitrogens with zero attached hydrogens (tertiary/aromatic N) is 2. The Kier molecular flexibility index (Phi) is 5.90. The second kappa shape index (κ2) is 8.53. The zero-order chi connectivity index (χ0) is 19.2. The fourth-order valence-electron chi connectivity index (χ4n) is 3.07. The summed E-state index contributed by atoms with van der Waals surface area (Å²) in [6, 6.07) is 10.3. The van der Waals surface area contributed by atoms with Crippen molar-refractivity contribution in [2.24, 2.45) is 0 Å². The van der Waals surface area contributed by atoms with Gasteiger partial charge in [-0.2, -0.15) is 0 Å². The van der Waals surface area contributed by atoms with E-state index in [0.29, 0.717) is 37.3 Å². The third-order valence-electron chi connectivity index (χ3n) is 4.58. The summed E-state index contributed by atoms with van der Waals surface area (Å²) in [6.45, 7) is 3.77. The molecule has 7 heteroatoms. The number of hydrogen-bond acceptors (Lipinski definition) is 4. The van der Waals surface area contributed by atoms with Gasteiger partial charge in [-0.1, -0.05) is 18.2 Å². The number of hydrogen-bond donors (Lipinski definition) is 1. The highest BCUT2D eigenvalue weighted by molar-refractivity contribution is 5.95. The molecule has 3 rings (SSSR count). The van der Waals surface area contributed by atoms with Gasteiger partial charge in [0, 0.05) is 44.2 Å². The molecule has 1 atom stereocenters. The number of carbonyl (C=O) groups is 3. The second-order valence-electron chi connectivity index (χ2n) is 6.63. The fraction of sp³-hybridized carbons (Fsp3) is 0.350. The fourth-order valence-corrected chi connectivity index (χ4v) is 3.07. The molecular weight excluding hydrogens is 346 g/mol. The minimum Gasteiger partial charge on any atom is -0.472 e. The van der Waals surface area contributed by atoms with Gasteiger partial charge in [-0.25, -0.2) is 0 Å². The van der Waals surface area contributed by atoms with Gasteiger partial charge >= 0.3 is 0 Å². The Morgan fingerprint density at radius 1 is 1.00 bits per heavy atom. The Morgan fingerprint density at radius 2 is 1.67 bits per heavy atom. The Morgan fingerprint density at radius 3 is 2.30 bits per heavy atom. The molecule has 3 amide bonds. The third kappa shape index (κ3) is 4.75. The van der Waals surface area contributed by atoms with Crippen LogP contribution >= 0.6 is 0 Å². The van der Waals surface area contributed by atoms with Crippen molar-refractivity contribution >= 4 is 17.7 Å². The van der Waals surface area contributed by atoms with Crippen LogP contribution in [0.2, 0.25) is 0 Å². The summed E-state index contributed by atoms with van der Waals surface area (Å²) in [5.41, 5.74) is 1.09. The van der Waals surface area contributed by atoms with Gasteiger partial charge in [0.15, 0.2) is 0 Å². The van der Waals surface area contributed by atoms with Crippen LogP contribution in [0.3, 0.4) is 0 Å². The molecule has 2 aromatic rings. The lowest BCUT2D eigenvalue weighted by molar-refractivity contribution is -0.133. The number of carbonyl (C=O) groups excluding carboxylic acids is 3. The standard InChI is InChI=1S/C20H23N3O4/c1-15(21-19(25)16-5-3-2-4-6-16)13-18(24)22-8-10-23(11-9-22)20(26)17-7-12-27-14-17/h2-7,12,14-15H,8-11,13H2,1H3,(H,21,25). The Hall–Kier alpha value is -3.09. The summed E-state index contributed by atoms with van der Waals surface area (Å²) >= 11 is 0. The molecule has 2 heterocycles. The van der Waals surface area contributed by atoms with E-state index in [1.54, 1.807) is 40.1 Å². The predicted octanol–water partition coefficient (Wildman–Crippen LogP) is 1.77. The highest BCUT2D eigenvalue weighted by Crippen LogP contribution is 2.11. The van der Waals surface area contributed by atoms with Crippen LogP contribution in [0, 0.1) is 0 Å². The van der Waals surface area contributed by atoms with Gasteiger partial charge in [-0.05, 0) is 25.1 Å². The smallest absolute Gasteiger partial charge is 0.257 e. The van der Waals surface area contributed by atoms with Crippen molar-refractivity contribution in [1.82, 2.24) is 15.1 Å². The molecule has 1 N–H and O–H groups in total. The number of nitrogens with one attached hydrogen (secondary N) is 1. The predicted molar refractivity (Wildman–Crippen MR) is 99.2 cm³/mol. The van der Waals surface area contributed by atoms with Gasteiger partial charge in [0.05, 0.1) is 11.8 Å².